The molecule has 0 bridgehead atoms. The quantitative estimate of drug-likeness (QED) is 0.467. The van der Waals surface area contributed by atoms with E-state index in [0.29, 0.717) is 17.8 Å². The van der Waals surface area contributed by atoms with Gasteiger partial charge in [0.05, 0.1) is 6.21 Å². The first-order valence-corrected chi connectivity index (χ1v) is 7.21. The fraction of sp³-hybridized carbons (Fsp3) is 0.0625. The second-order valence-electron chi connectivity index (χ2n) is 5.09. The minimum atomic E-state index is -0.991. The summed E-state index contributed by atoms with van der Waals surface area (Å²) in [4.78, 5) is 11.8. The summed E-state index contributed by atoms with van der Waals surface area (Å²) < 4.78 is 1.19. The van der Waals surface area contributed by atoms with Crippen molar-refractivity contribution in [3.8, 4) is 0 Å². The van der Waals surface area contributed by atoms with Crippen LogP contribution in [0.4, 0.5) is 5.69 Å². The van der Waals surface area contributed by atoms with Gasteiger partial charge in [-0.1, -0.05) is 30.3 Å². The zero-order valence-electron chi connectivity index (χ0n) is 12.6. The van der Waals surface area contributed by atoms with Crippen molar-refractivity contribution in [3.05, 3.63) is 87.2 Å². The van der Waals surface area contributed by atoms with Crippen LogP contribution in [-0.4, -0.2) is 26.3 Å². The molecule has 0 aliphatic heterocycles. The van der Waals surface area contributed by atoms with E-state index in [9.17, 15) is 10.0 Å². The predicted molar refractivity (Wildman–Crippen MR) is 87.3 cm³/mol. The van der Waals surface area contributed by atoms with Gasteiger partial charge in [-0.3, -0.25) is 0 Å². The minimum absolute atomic E-state index is 0.192. The average molecular weight is 325 g/mol. The maximum atomic E-state index is 11.8. The van der Waals surface area contributed by atoms with Crippen molar-refractivity contribution in [2.75, 3.05) is 0 Å². The molecule has 1 aromatic heterocycles. The third-order valence-corrected chi connectivity index (χ3v) is 3.40. The molecule has 1 unspecified atom stereocenters. The highest BCUT2D eigenvalue weighted by molar-refractivity contribution is 5.79. The number of aromatic nitrogens is 3. The molecule has 0 saturated carbocycles. The van der Waals surface area contributed by atoms with Gasteiger partial charge in [0.2, 0.25) is 0 Å². The first-order chi connectivity index (χ1) is 11.6. The van der Waals surface area contributed by atoms with Crippen LogP contribution >= 0.6 is 0 Å². The van der Waals surface area contributed by atoms with Gasteiger partial charge in [-0.15, -0.1) is 0 Å². The van der Waals surface area contributed by atoms with Gasteiger partial charge < -0.3 is 5.21 Å². The molecule has 0 aliphatic carbocycles. The van der Waals surface area contributed by atoms with E-state index in [0.717, 1.165) is 5.56 Å². The van der Waals surface area contributed by atoms with Crippen LogP contribution in [-0.2, 0) is 6.42 Å². The van der Waals surface area contributed by atoms with E-state index < -0.39 is 10.9 Å². The summed E-state index contributed by atoms with van der Waals surface area (Å²) in [6.07, 6.45) is 1.95. The number of nitrogens with one attached hydrogen (secondary N) is 2. The number of rotatable bonds is 5. The van der Waals surface area contributed by atoms with Crippen LogP contribution in [0, 0.1) is 5.21 Å². The first-order valence-electron chi connectivity index (χ1n) is 7.21. The molecule has 1 heterocycles. The number of H-pyrrole nitrogens is 1. The summed E-state index contributed by atoms with van der Waals surface area (Å²) in [6, 6.07) is 15.8. The van der Waals surface area contributed by atoms with E-state index in [4.69, 9.17) is 5.21 Å². The summed E-state index contributed by atoms with van der Waals surface area (Å²) in [5, 5.41) is 29.2. The zero-order valence-corrected chi connectivity index (χ0v) is 12.6. The molecule has 3 rings (SSSR count). The number of hydrogen-bond donors (Lipinski definition) is 3. The molecule has 8 heteroatoms. The lowest BCUT2D eigenvalue weighted by molar-refractivity contribution is -0.991. The molecule has 2 aromatic carbocycles. The Morgan fingerprint density at radius 2 is 1.92 bits per heavy atom. The Morgan fingerprint density at radius 1 is 1.21 bits per heavy atom. The van der Waals surface area contributed by atoms with Gasteiger partial charge in [-0.2, -0.15) is 20.1 Å². The summed E-state index contributed by atoms with van der Waals surface area (Å²) in [7, 11) is 0. The van der Waals surface area contributed by atoms with E-state index in [2.05, 4.69) is 15.3 Å². The van der Waals surface area contributed by atoms with Gasteiger partial charge in [-0.25, -0.2) is 15.1 Å². The van der Waals surface area contributed by atoms with Crippen molar-refractivity contribution in [1.82, 2.24) is 14.9 Å². The maximum Gasteiger partial charge on any atom is 0.364 e. The fourth-order valence-electron chi connectivity index (χ4n) is 2.17. The van der Waals surface area contributed by atoms with Crippen molar-refractivity contribution < 1.29 is 10.4 Å². The molecule has 122 valence electrons. The summed E-state index contributed by atoms with van der Waals surface area (Å²) in [5.74, 6) is 0.490. The molecule has 0 radical (unpaired) electrons. The molecular formula is C16H15N5O3. The Bertz CT molecular complexity index is 882. The fourth-order valence-corrected chi connectivity index (χ4v) is 2.17. The van der Waals surface area contributed by atoms with E-state index in [1.54, 1.807) is 12.1 Å². The van der Waals surface area contributed by atoms with Crippen molar-refractivity contribution >= 4 is 11.9 Å². The second kappa shape index (κ2) is 7.01. The van der Waals surface area contributed by atoms with E-state index >= 15 is 0 Å². The summed E-state index contributed by atoms with van der Waals surface area (Å²) >= 11 is 0. The lowest BCUT2D eigenvalue weighted by Crippen LogP contribution is -2.99. The van der Waals surface area contributed by atoms with Gasteiger partial charge in [0, 0.05) is 18.6 Å². The number of aromatic amines is 1. The number of nitrogens with zero attached hydrogens (tertiary/aromatic N) is 3. The Morgan fingerprint density at radius 3 is 2.58 bits per heavy atom. The van der Waals surface area contributed by atoms with Crippen molar-refractivity contribution in [2.45, 2.75) is 6.42 Å². The van der Waals surface area contributed by atoms with Crippen LogP contribution in [0.1, 0.15) is 17.0 Å². The van der Waals surface area contributed by atoms with Gasteiger partial charge in [0.25, 0.3) is 0 Å². The molecule has 0 fully saturated rings. The lowest BCUT2D eigenvalue weighted by atomic mass is 10.1. The van der Waals surface area contributed by atoms with E-state index in [1.807, 2.05) is 30.3 Å². The van der Waals surface area contributed by atoms with Crippen LogP contribution in [0.15, 0.2) is 64.5 Å². The Labute approximate surface area is 136 Å². The Kier molecular flexibility index (Phi) is 4.62. The molecule has 0 amide bonds. The van der Waals surface area contributed by atoms with Crippen LogP contribution in [0.2, 0.25) is 0 Å². The highest BCUT2D eigenvalue weighted by Crippen LogP contribution is 2.06. The third kappa shape index (κ3) is 3.63. The normalized spacial score (nSPS) is 12.6. The smallest absolute Gasteiger partial charge is 0.364 e. The van der Waals surface area contributed by atoms with E-state index in [1.165, 1.54) is 23.0 Å². The van der Waals surface area contributed by atoms with Gasteiger partial charge in [0.15, 0.2) is 11.5 Å². The largest absolute Gasteiger partial charge is 0.595 e. The standard InChI is InChI=1S/C16H15N5O3/c22-16-19-18-15(10-12-4-2-1-3-5-12)20(16)17-11-13-6-8-14(9-7-13)21(23)24/h1-9,11,21,23H,10H2,(H,19,22)/b17-11+. The number of benzene rings is 2. The van der Waals surface area contributed by atoms with Crippen LogP contribution in [0.5, 0.6) is 0 Å². The van der Waals surface area contributed by atoms with Crippen molar-refractivity contribution in [3.63, 3.8) is 0 Å². The third-order valence-electron chi connectivity index (χ3n) is 3.40. The minimum Gasteiger partial charge on any atom is -0.595 e. The molecule has 24 heavy (non-hydrogen) atoms. The molecule has 0 aliphatic rings. The highest BCUT2D eigenvalue weighted by atomic mass is 16.8. The predicted octanol–water partition coefficient (Wildman–Crippen LogP) is 0.448. The lowest BCUT2D eigenvalue weighted by Gasteiger charge is -2.10. The first kappa shape index (κ1) is 15.8. The highest BCUT2D eigenvalue weighted by Gasteiger charge is 2.08. The van der Waals surface area contributed by atoms with Crippen LogP contribution < -0.4 is 10.9 Å². The second-order valence-corrected chi connectivity index (χ2v) is 5.09. The molecular weight excluding hydrogens is 310 g/mol. The molecule has 1 atom stereocenters. The van der Waals surface area contributed by atoms with Gasteiger partial charge >= 0.3 is 5.69 Å². The maximum absolute atomic E-state index is 11.8. The molecule has 3 N–H and O–H groups in total. The summed E-state index contributed by atoms with van der Waals surface area (Å²) in [5.41, 5.74) is 1.45. The average Bonchev–Trinajstić information content (AvgIpc) is 2.94. The van der Waals surface area contributed by atoms with Gasteiger partial charge in [0.1, 0.15) is 0 Å². The van der Waals surface area contributed by atoms with Crippen molar-refractivity contribution in [1.29, 1.82) is 0 Å². The SMILES string of the molecule is O=c1[nH]nc(Cc2ccccc2)n1/N=C/c1ccc([NH+]([O-])O)cc1. The molecule has 3 aromatic rings. The van der Waals surface area contributed by atoms with Crippen molar-refractivity contribution in [2.24, 2.45) is 5.10 Å². The monoisotopic (exact) mass is 325 g/mol. The Hall–Kier alpha value is -3.07. The topological polar surface area (TPSA) is 111 Å². The van der Waals surface area contributed by atoms with Crippen LogP contribution in [0.3, 0.4) is 0 Å². The number of quaternary nitrogens is 1. The Balaban J connectivity index is 1.82. The van der Waals surface area contributed by atoms with E-state index in [-0.39, 0.29) is 5.69 Å². The molecule has 8 nitrogen and oxygen atoms in total. The zero-order chi connectivity index (χ0) is 16.9. The van der Waals surface area contributed by atoms with Gasteiger partial charge in [-0.05, 0) is 23.3 Å². The van der Waals surface area contributed by atoms with Crippen LogP contribution in [0.25, 0.3) is 0 Å². The number of hydrogen-bond acceptors (Lipinski definition) is 5. The molecule has 0 spiro atoms. The molecule has 0 saturated heterocycles. The summed E-state index contributed by atoms with van der Waals surface area (Å²) in [6.45, 7) is 0.